The van der Waals surface area contributed by atoms with Crippen LogP contribution in [0.2, 0.25) is 0 Å². The van der Waals surface area contributed by atoms with Gasteiger partial charge >= 0.3 is 0 Å². The molecule has 1 heterocycles. The zero-order valence-corrected chi connectivity index (χ0v) is 9.72. The Morgan fingerprint density at radius 2 is 2.06 bits per heavy atom. The molecule has 0 fully saturated rings. The molecule has 0 aliphatic heterocycles. The van der Waals surface area contributed by atoms with Crippen molar-refractivity contribution >= 4 is 0 Å². The first-order valence-electron chi connectivity index (χ1n) is 5.52. The number of benzene rings is 1. The smallest absolute Gasteiger partial charge is 0.122 e. The molecule has 1 aromatic heterocycles. The standard InChI is InChI=1S/C13H17N3/c1-11(12-6-4-3-5-7-12)15-10-13-14-8-9-16(13)2/h3-9,11,15H,10H2,1-2H3/t11-/m1/s1. The molecule has 2 aromatic rings. The summed E-state index contributed by atoms with van der Waals surface area (Å²) >= 11 is 0. The molecule has 0 radical (unpaired) electrons. The molecular weight excluding hydrogens is 198 g/mol. The molecule has 1 N–H and O–H groups in total. The lowest BCUT2D eigenvalue weighted by molar-refractivity contribution is 0.549. The van der Waals surface area contributed by atoms with Crippen molar-refractivity contribution in [2.24, 2.45) is 7.05 Å². The van der Waals surface area contributed by atoms with Gasteiger partial charge in [0.15, 0.2) is 0 Å². The molecule has 0 saturated carbocycles. The number of nitrogens with zero attached hydrogens (tertiary/aromatic N) is 2. The molecule has 0 bridgehead atoms. The Hall–Kier alpha value is -1.61. The molecule has 0 unspecified atom stereocenters. The summed E-state index contributed by atoms with van der Waals surface area (Å²) in [6, 6.07) is 10.8. The Balaban J connectivity index is 1.94. The van der Waals surface area contributed by atoms with Crippen LogP contribution in [0.3, 0.4) is 0 Å². The van der Waals surface area contributed by atoms with Gasteiger partial charge in [-0.15, -0.1) is 0 Å². The summed E-state index contributed by atoms with van der Waals surface area (Å²) in [6.07, 6.45) is 3.79. The number of aromatic nitrogens is 2. The minimum absolute atomic E-state index is 0.345. The second-order valence-electron chi connectivity index (χ2n) is 3.97. The van der Waals surface area contributed by atoms with Gasteiger partial charge in [-0.3, -0.25) is 0 Å². The van der Waals surface area contributed by atoms with Crippen LogP contribution in [0.5, 0.6) is 0 Å². The fraction of sp³-hybridized carbons (Fsp3) is 0.308. The third-order valence-corrected chi connectivity index (χ3v) is 2.79. The number of hydrogen-bond donors (Lipinski definition) is 1. The van der Waals surface area contributed by atoms with Crippen molar-refractivity contribution in [1.29, 1.82) is 0 Å². The topological polar surface area (TPSA) is 29.9 Å². The third-order valence-electron chi connectivity index (χ3n) is 2.79. The fourth-order valence-corrected chi connectivity index (χ4v) is 1.67. The van der Waals surface area contributed by atoms with Crippen LogP contribution >= 0.6 is 0 Å². The first kappa shape index (κ1) is 10.9. The predicted molar refractivity (Wildman–Crippen MR) is 64.9 cm³/mol. The van der Waals surface area contributed by atoms with E-state index in [-0.39, 0.29) is 0 Å². The lowest BCUT2D eigenvalue weighted by atomic mass is 10.1. The summed E-state index contributed by atoms with van der Waals surface area (Å²) in [6.45, 7) is 2.96. The van der Waals surface area contributed by atoms with Crippen LogP contribution < -0.4 is 5.32 Å². The van der Waals surface area contributed by atoms with Gasteiger partial charge in [0, 0.05) is 25.5 Å². The first-order valence-corrected chi connectivity index (χ1v) is 5.52. The van der Waals surface area contributed by atoms with E-state index in [1.54, 1.807) is 0 Å². The van der Waals surface area contributed by atoms with Gasteiger partial charge in [-0.25, -0.2) is 4.98 Å². The Kier molecular flexibility index (Phi) is 3.37. The van der Waals surface area contributed by atoms with Crippen molar-refractivity contribution in [3.05, 3.63) is 54.1 Å². The summed E-state index contributed by atoms with van der Waals surface area (Å²) in [5.41, 5.74) is 1.30. The van der Waals surface area contributed by atoms with Crippen molar-refractivity contribution in [3.8, 4) is 0 Å². The number of imidazole rings is 1. The van der Waals surface area contributed by atoms with Crippen molar-refractivity contribution in [3.63, 3.8) is 0 Å². The maximum atomic E-state index is 4.28. The average molecular weight is 215 g/mol. The minimum atomic E-state index is 0.345. The van der Waals surface area contributed by atoms with E-state index >= 15 is 0 Å². The zero-order valence-electron chi connectivity index (χ0n) is 9.72. The molecule has 1 atom stereocenters. The van der Waals surface area contributed by atoms with E-state index in [9.17, 15) is 0 Å². The fourth-order valence-electron chi connectivity index (χ4n) is 1.67. The van der Waals surface area contributed by atoms with E-state index in [0.29, 0.717) is 6.04 Å². The van der Waals surface area contributed by atoms with Crippen LogP contribution in [0, 0.1) is 0 Å². The van der Waals surface area contributed by atoms with Crippen LogP contribution in [0.4, 0.5) is 0 Å². The number of nitrogens with one attached hydrogen (secondary N) is 1. The first-order chi connectivity index (χ1) is 7.77. The molecule has 0 aliphatic carbocycles. The van der Waals surface area contributed by atoms with Gasteiger partial charge in [-0.05, 0) is 12.5 Å². The van der Waals surface area contributed by atoms with E-state index in [1.807, 2.05) is 30.1 Å². The van der Waals surface area contributed by atoms with Crippen LogP contribution in [-0.2, 0) is 13.6 Å². The lowest BCUT2D eigenvalue weighted by Crippen LogP contribution is -2.20. The molecule has 0 amide bonds. The van der Waals surface area contributed by atoms with Crippen molar-refractivity contribution < 1.29 is 0 Å². The quantitative estimate of drug-likeness (QED) is 0.848. The van der Waals surface area contributed by atoms with Crippen molar-refractivity contribution in [2.75, 3.05) is 0 Å². The molecule has 2 rings (SSSR count). The van der Waals surface area contributed by atoms with Crippen LogP contribution in [0.25, 0.3) is 0 Å². The highest BCUT2D eigenvalue weighted by atomic mass is 15.1. The summed E-state index contributed by atoms with van der Waals surface area (Å²) in [5.74, 6) is 1.06. The van der Waals surface area contributed by atoms with Gasteiger partial charge < -0.3 is 9.88 Å². The summed E-state index contributed by atoms with van der Waals surface area (Å²) in [5, 5.41) is 3.46. The van der Waals surface area contributed by atoms with Gasteiger partial charge in [0.2, 0.25) is 0 Å². The summed E-state index contributed by atoms with van der Waals surface area (Å²) in [4.78, 5) is 4.28. The zero-order chi connectivity index (χ0) is 11.4. The van der Waals surface area contributed by atoms with E-state index in [1.165, 1.54) is 5.56 Å². The van der Waals surface area contributed by atoms with Gasteiger partial charge in [0.1, 0.15) is 5.82 Å². The molecule has 1 aromatic carbocycles. The van der Waals surface area contributed by atoms with E-state index in [2.05, 4.69) is 41.5 Å². The number of aryl methyl sites for hydroxylation is 1. The molecule has 16 heavy (non-hydrogen) atoms. The lowest BCUT2D eigenvalue weighted by Gasteiger charge is -2.13. The van der Waals surface area contributed by atoms with Gasteiger partial charge in [0.25, 0.3) is 0 Å². The van der Waals surface area contributed by atoms with E-state index in [0.717, 1.165) is 12.4 Å². The van der Waals surface area contributed by atoms with Crippen LogP contribution in [0.1, 0.15) is 24.4 Å². The largest absolute Gasteiger partial charge is 0.337 e. The average Bonchev–Trinajstić information content (AvgIpc) is 2.73. The predicted octanol–water partition coefficient (Wildman–Crippen LogP) is 2.27. The van der Waals surface area contributed by atoms with Gasteiger partial charge in [-0.2, -0.15) is 0 Å². The minimum Gasteiger partial charge on any atom is -0.337 e. The molecule has 3 heteroatoms. The maximum Gasteiger partial charge on any atom is 0.122 e. The second kappa shape index (κ2) is 4.94. The Labute approximate surface area is 96.1 Å². The SMILES string of the molecule is C[C@@H](NCc1nccn1C)c1ccccc1. The summed E-state index contributed by atoms with van der Waals surface area (Å²) in [7, 11) is 2.01. The van der Waals surface area contributed by atoms with E-state index in [4.69, 9.17) is 0 Å². The molecule has 0 saturated heterocycles. The highest BCUT2D eigenvalue weighted by Crippen LogP contribution is 2.11. The molecule has 0 aliphatic rings. The molecule has 0 spiro atoms. The van der Waals surface area contributed by atoms with Crippen molar-refractivity contribution in [2.45, 2.75) is 19.5 Å². The Morgan fingerprint density at radius 3 is 2.69 bits per heavy atom. The molecule has 84 valence electrons. The van der Waals surface area contributed by atoms with Gasteiger partial charge in [-0.1, -0.05) is 30.3 Å². The number of rotatable bonds is 4. The maximum absolute atomic E-state index is 4.28. The number of hydrogen-bond acceptors (Lipinski definition) is 2. The van der Waals surface area contributed by atoms with Gasteiger partial charge in [0.05, 0.1) is 6.54 Å². The highest BCUT2D eigenvalue weighted by Gasteiger charge is 2.05. The third kappa shape index (κ3) is 2.49. The normalized spacial score (nSPS) is 12.6. The Bertz CT molecular complexity index is 433. The molecule has 3 nitrogen and oxygen atoms in total. The second-order valence-corrected chi connectivity index (χ2v) is 3.97. The van der Waals surface area contributed by atoms with Crippen LogP contribution in [-0.4, -0.2) is 9.55 Å². The summed E-state index contributed by atoms with van der Waals surface area (Å²) < 4.78 is 2.03. The van der Waals surface area contributed by atoms with Crippen molar-refractivity contribution in [1.82, 2.24) is 14.9 Å². The highest BCUT2D eigenvalue weighted by molar-refractivity contribution is 5.18. The molecular formula is C13H17N3. The van der Waals surface area contributed by atoms with Crippen LogP contribution in [0.15, 0.2) is 42.7 Å². The monoisotopic (exact) mass is 215 g/mol. The van der Waals surface area contributed by atoms with E-state index < -0.39 is 0 Å². The Morgan fingerprint density at radius 1 is 1.31 bits per heavy atom.